The zero-order valence-corrected chi connectivity index (χ0v) is 8.84. The van der Waals surface area contributed by atoms with Crippen LogP contribution in [0.1, 0.15) is 34.8 Å². The van der Waals surface area contributed by atoms with E-state index in [9.17, 15) is 4.79 Å². The van der Waals surface area contributed by atoms with E-state index in [-0.39, 0.29) is 5.56 Å². The fourth-order valence-electron chi connectivity index (χ4n) is 2.05. The molecule has 16 heavy (non-hydrogen) atoms. The number of pyridine rings is 1. The van der Waals surface area contributed by atoms with E-state index in [0.29, 0.717) is 11.6 Å². The molecule has 0 radical (unpaired) electrons. The number of carbonyl (C=O) groups is 1. The van der Waals surface area contributed by atoms with Gasteiger partial charge in [-0.3, -0.25) is 4.68 Å². The standard InChI is InChI=1S/C11H11N3O2/c1-14-9(6-2-3-6)8-4-7(11(15)16)5-12-10(8)13-14/h4-6H,2-3H2,1H3,(H,15,16). The van der Waals surface area contributed by atoms with E-state index in [1.165, 1.54) is 6.20 Å². The number of carboxylic acids is 1. The van der Waals surface area contributed by atoms with Crippen LogP contribution in [-0.4, -0.2) is 25.8 Å². The van der Waals surface area contributed by atoms with Gasteiger partial charge in [0.05, 0.1) is 11.3 Å². The van der Waals surface area contributed by atoms with Gasteiger partial charge in [0.25, 0.3) is 0 Å². The van der Waals surface area contributed by atoms with Crippen molar-refractivity contribution in [2.75, 3.05) is 0 Å². The van der Waals surface area contributed by atoms with E-state index in [2.05, 4.69) is 10.1 Å². The highest BCUT2D eigenvalue weighted by Gasteiger charge is 2.29. The van der Waals surface area contributed by atoms with Crippen molar-refractivity contribution >= 4 is 17.0 Å². The summed E-state index contributed by atoms with van der Waals surface area (Å²) >= 11 is 0. The maximum absolute atomic E-state index is 10.9. The molecule has 2 aromatic rings. The molecule has 0 saturated heterocycles. The third-order valence-electron chi connectivity index (χ3n) is 2.95. The molecule has 0 bridgehead atoms. The maximum Gasteiger partial charge on any atom is 0.337 e. The molecule has 5 heteroatoms. The molecule has 0 atom stereocenters. The molecule has 3 rings (SSSR count). The van der Waals surface area contributed by atoms with Crippen LogP contribution in [-0.2, 0) is 7.05 Å². The van der Waals surface area contributed by atoms with Crippen molar-refractivity contribution in [3.63, 3.8) is 0 Å². The van der Waals surface area contributed by atoms with Crippen LogP contribution in [0.2, 0.25) is 0 Å². The first-order valence-corrected chi connectivity index (χ1v) is 5.23. The molecule has 1 fully saturated rings. The average Bonchev–Trinajstić information content (AvgIpc) is 3.00. The van der Waals surface area contributed by atoms with Crippen molar-refractivity contribution in [3.8, 4) is 0 Å². The molecule has 2 heterocycles. The lowest BCUT2D eigenvalue weighted by molar-refractivity contribution is 0.0696. The number of aromatic nitrogens is 3. The van der Waals surface area contributed by atoms with E-state index >= 15 is 0 Å². The molecule has 0 aliphatic heterocycles. The van der Waals surface area contributed by atoms with E-state index in [0.717, 1.165) is 23.9 Å². The molecule has 1 saturated carbocycles. The summed E-state index contributed by atoms with van der Waals surface area (Å²) in [5.74, 6) is -0.416. The lowest BCUT2D eigenvalue weighted by Gasteiger charge is -1.98. The molecule has 0 unspecified atom stereocenters. The minimum Gasteiger partial charge on any atom is -0.478 e. The molecule has 5 nitrogen and oxygen atoms in total. The molecular formula is C11H11N3O2. The Kier molecular flexibility index (Phi) is 1.77. The zero-order valence-electron chi connectivity index (χ0n) is 8.84. The lowest BCUT2D eigenvalue weighted by atomic mass is 10.1. The van der Waals surface area contributed by atoms with Crippen LogP contribution in [0.15, 0.2) is 12.3 Å². The highest BCUT2D eigenvalue weighted by Crippen LogP contribution is 2.42. The lowest BCUT2D eigenvalue weighted by Crippen LogP contribution is -1.97. The summed E-state index contributed by atoms with van der Waals surface area (Å²) in [4.78, 5) is 15.0. The average molecular weight is 217 g/mol. The van der Waals surface area contributed by atoms with Crippen LogP contribution in [0.5, 0.6) is 0 Å². The molecule has 1 N–H and O–H groups in total. The predicted molar refractivity (Wildman–Crippen MR) is 57.4 cm³/mol. The largest absolute Gasteiger partial charge is 0.478 e. The number of fused-ring (bicyclic) bond motifs is 1. The van der Waals surface area contributed by atoms with Gasteiger partial charge in [0, 0.05) is 24.5 Å². The van der Waals surface area contributed by atoms with Crippen LogP contribution in [0.3, 0.4) is 0 Å². The summed E-state index contributed by atoms with van der Waals surface area (Å²) in [7, 11) is 1.88. The Morgan fingerprint density at radius 1 is 1.56 bits per heavy atom. The third kappa shape index (κ3) is 1.28. The number of hydrogen-bond donors (Lipinski definition) is 1. The van der Waals surface area contributed by atoms with Crippen LogP contribution < -0.4 is 0 Å². The predicted octanol–water partition coefficient (Wildman–Crippen LogP) is 1.54. The van der Waals surface area contributed by atoms with Gasteiger partial charge in [-0.15, -0.1) is 0 Å². The Hall–Kier alpha value is -1.91. The summed E-state index contributed by atoms with van der Waals surface area (Å²) in [6.45, 7) is 0. The fourth-order valence-corrected chi connectivity index (χ4v) is 2.05. The second-order valence-electron chi connectivity index (χ2n) is 4.18. The molecule has 0 amide bonds. The first-order chi connectivity index (χ1) is 7.66. The molecular weight excluding hydrogens is 206 g/mol. The Labute approximate surface area is 91.7 Å². The van der Waals surface area contributed by atoms with Gasteiger partial charge in [-0.1, -0.05) is 0 Å². The van der Waals surface area contributed by atoms with Gasteiger partial charge in [-0.2, -0.15) is 5.10 Å². The molecule has 82 valence electrons. The highest BCUT2D eigenvalue weighted by molar-refractivity contribution is 5.92. The molecule has 1 aliphatic carbocycles. The highest BCUT2D eigenvalue weighted by atomic mass is 16.4. The van der Waals surface area contributed by atoms with Gasteiger partial charge in [0.2, 0.25) is 0 Å². The van der Waals surface area contributed by atoms with E-state index in [1.807, 2.05) is 11.7 Å². The van der Waals surface area contributed by atoms with Gasteiger partial charge >= 0.3 is 5.97 Å². The smallest absolute Gasteiger partial charge is 0.337 e. The SMILES string of the molecule is Cn1nc2ncc(C(=O)O)cc2c1C1CC1. The zero-order chi connectivity index (χ0) is 11.3. The Morgan fingerprint density at radius 2 is 2.31 bits per heavy atom. The van der Waals surface area contributed by atoms with Crippen molar-refractivity contribution in [2.24, 2.45) is 7.05 Å². The fraction of sp³-hybridized carbons (Fsp3) is 0.364. The summed E-state index contributed by atoms with van der Waals surface area (Å²) in [5.41, 5.74) is 1.97. The quantitative estimate of drug-likeness (QED) is 0.828. The summed E-state index contributed by atoms with van der Waals surface area (Å²) in [6.07, 6.45) is 3.67. The van der Waals surface area contributed by atoms with Crippen molar-refractivity contribution in [1.82, 2.24) is 14.8 Å². The minimum atomic E-state index is -0.944. The first kappa shape index (κ1) is 9.33. The summed E-state index contributed by atoms with van der Waals surface area (Å²) in [5, 5.41) is 14.1. The van der Waals surface area contributed by atoms with Gasteiger partial charge in [-0.05, 0) is 18.9 Å². The Bertz CT molecular complexity index is 584. The minimum absolute atomic E-state index is 0.224. The Balaban J connectivity index is 2.27. The number of aromatic carboxylic acids is 1. The first-order valence-electron chi connectivity index (χ1n) is 5.23. The van der Waals surface area contributed by atoms with E-state index in [1.54, 1.807) is 6.07 Å². The number of aryl methyl sites for hydroxylation is 1. The van der Waals surface area contributed by atoms with Gasteiger partial charge in [0.15, 0.2) is 5.65 Å². The van der Waals surface area contributed by atoms with Gasteiger partial charge in [-0.25, -0.2) is 9.78 Å². The topological polar surface area (TPSA) is 68.0 Å². The van der Waals surface area contributed by atoms with Crippen LogP contribution in [0.4, 0.5) is 0 Å². The molecule has 0 aromatic carbocycles. The monoisotopic (exact) mass is 217 g/mol. The Morgan fingerprint density at radius 3 is 2.94 bits per heavy atom. The molecule has 2 aromatic heterocycles. The van der Waals surface area contributed by atoms with Crippen molar-refractivity contribution in [2.45, 2.75) is 18.8 Å². The van der Waals surface area contributed by atoms with Crippen LogP contribution in [0.25, 0.3) is 11.0 Å². The van der Waals surface area contributed by atoms with Crippen LogP contribution in [0, 0.1) is 0 Å². The summed E-state index contributed by atoms with van der Waals surface area (Å²) < 4.78 is 1.82. The van der Waals surface area contributed by atoms with Crippen molar-refractivity contribution < 1.29 is 9.90 Å². The number of nitrogens with zero attached hydrogens (tertiary/aromatic N) is 3. The second kappa shape index (κ2) is 3.04. The van der Waals surface area contributed by atoms with Crippen molar-refractivity contribution in [3.05, 3.63) is 23.5 Å². The van der Waals surface area contributed by atoms with Crippen LogP contribution >= 0.6 is 0 Å². The van der Waals surface area contributed by atoms with Crippen molar-refractivity contribution in [1.29, 1.82) is 0 Å². The number of rotatable bonds is 2. The summed E-state index contributed by atoms with van der Waals surface area (Å²) in [6, 6.07) is 1.67. The van der Waals surface area contributed by atoms with Gasteiger partial charge in [0.1, 0.15) is 0 Å². The normalized spacial score (nSPS) is 15.6. The third-order valence-corrected chi connectivity index (χ3v) is 2.95. The number of carboxylic acid groups (broad SMARTS) is 1. The maximum atomic E-state index is 10.9. The van der Waals surface area contributed by atoms with E-state index < -0.39 is 5.97 Å². The second-order valence-corrected chi connectivity index (χ2v) is 4.18. The number of hydrogen-bond acceptors (Lipinski definition) is 3. The van der Waals surface area contributed by atoms with E-state index in [4.69, 9.17) is 5.11 Å². The molecule has 1 aliphatic rings. The molecule has 0 spiro atoms. The van der Waals surface area contributed by atoms with Gasteiger partial charge < -0.3 is 5.11 Å².